The van der Waals surface area contributed by atoms with Crippen LogP contribution >= 0.6 is 0 Å². The molecule has 192 valence electrons. The Morgan fingerprint density at radius 2 is 1.74 bits per heavy atom. The molecular weight excluding hydrogens is 449 g/mol. The number of hydrogen-bond acceptors (Lipinski definition) is 2. The molecule has 1 unspecified atom stereocenters. The molecule has 0 saturated heterocycles. The van der Waals surface area contributed by atoms with Gasteiger partial charge in [0.1, 0.15) is 0 Å². The normalized spacial score (nSPS) is 14.3. The summed E-state index contributed by atoms with van der Waals surface area (Å²) in [5.74, 6) is 0.340. The summed E-state index contributed by atoms with van der Waals surface area (Å²) < 4.78 is 38.9. The minimum atomic E-state index is -4.37. The van der Waals surface area contributed by atoms with Gasteiger partial charge in [-0.1, -0.05) is 76.1 Å². The van der Waals surface area contributed by atoms with E-state index in [1.165, 1.54) is 12.1 Å². The zero-order valence-corrected chi connectivity index (χ0v) is 21.4. The molecule has 1 amide bonds. The van der Waals surface area contributed by atoms with Crippen LogP contribution in [0.2, 0.25) is 0 Å². The first kappa shape index (κ1) is 28.5. The standard InChI is InChI=1S/C27H33F3N2O.C2H6/c1-4-5-15-31-26(33)25(20-7-6-8-20)17-32-19(3)23-14-9-18(2)16-24(23)21-10-12-22(13-11-21)27(28,29)30;1-2/h9-14,16,20,25,32H,3-8,15,17H2,1-2H3,(H,31,33);1-2H3. The number of alkyl halides is 3. The van der Waals surface area contributed by atoms with Gasteiger partial charge in [-0.05, 0) is 55.4 Å². The van der Waals surface area contributed by atoms with Gasteiger partial charge in [0, 0.05) is 24.4 Å². The van der Waals surface area contributed by atoms with Crippen LogP contribution in [-0.4, -0.2) is 19.0 Å². The average Bonchev–Trinajstić information content (AvgIpc) is 2.81. The first-order valence-corrected chi connectivity index (χ1v) is 12.7. The van der Waals surface area contributed by atoms with Crippen LogP contribution in [-0.2, 0) is 11.0 Å². The highest BCUT2D eigenvalue weighted by atomic mass is 19.4. The number of aryl methyl sites for hydroxylation is 1. The largest absolute Gasteiger partial charge is 0.416 e. The van der Waals surface area contributed by atoms with E-state index < -0.39 is 11.7 Å². The molecule has 0 spiro atoms. The average molecular weight is 489 g/mol. The molecule has 3 rings (SSSR count). The Morgan fingerprint density at radius 1 is 1.09 bits per heavy atom. The van der Waals surface area contributed by atoms with Crippen molar-refractivity contribution in [3.8, 4) is 11.1 Å². The molecule has 1 saturated carbocycles. The number of nitrogens with one attached hydrogen (secondary N) is 2. The van der Waals surface area contributed by atoms with Crippen molar-refractivity contribution in [1.29, 1.82) is 0 Å². The van der Waals surface area contributed by atoms with Crippen LogP contribution in [0.1, 0.15) is 69.6 Å². The Kier molecular flexibility index (Phi) is 10.9. The Bertz CT molecular complexity index is 963. The third kappa shape index (κ3) is 7.87. The summed E-state index contributed by atoms with van der Waals surface area (Å²) in [6, 6.07) is 11.0. The lowest BCUT2D eigenvalue weighted by Crippen LogP contribution is -2.43. The van der Waals surface area contributed by atoms with Crippen molar-refractivity contribution in [2.45, 2.75) is 66.0 Å². The van der Waals surface area contributed by atoms with Crippen LogP contribution in [0.4, 0.5) is 13.2 Å². The fourth-order valence-electron chi connectivity index (χ4n) is 4.16. The van der Waals surface area contributed by atoms with Crippen molar-refractivity contribution in [2.24, 2.45) is 11.8 Å². The summed E-state index contributed by atoms with van der Waals surface area (Å²) in [4.78, 5) is 12.8. The van der Waals surface area contributed by atoms with E-state index in [4.69, 9.17) is 0 Å². The zero-order chi connectivity index (χ0) is 26.0. The summed E-state index contributed by atoms with van der Waals surface area (Å²) in [6.45, 7) is 13.4. The third-order valence-electron chi connectivity index (χ3n) is 6.44. The molecule has 0 aliphatic heterocycles. The highest BCUT2D eigenvalue weighted by molar-refractivity contribution is 5.82. The van der Waals surface area contributed by atoms with E-state index >= 15 is 0 Å². The highest BCUT2D eigenvalue weighted by Crippen LogP contribution is 2.35. The number of benzene rings is 2. The molecule has 0 bridgehead atoms. The quantitative estimate of drug-likeness (QED) is 0.338. The molecule has 3 nitrogen and oxygen atoms in total. The summed E-state index contributed by atoms with van der Waals surface area (Å²) >= 11 is 0. The van der Waals surface area contributed by atoms with Gasteiger partial charge < -0.3 is 10.6 Å². The maximum Gasteiger partial charge on any atom is 0.416 e. The monoisotopic (exact) mass is 488 g/mol. The van der Waals surface area contributed by atoms with Gasteiger partial charge in [0.05, 0.1) is 11.5 Å². The second kappa shape index (κ2) is 13.4. The molecule has 2 N–H and O–H groups in total. The molecule has 2 aromatic rings. The predicted octanol–water partition coefficient (Wildman–Crippen LogP) is 7.60. The predicted molar refractivity (Wildman–Crippen MR) is 139 cm³/mol. The van der Waals surface area contributed by atoms with Crippen LogP contribution in [0.3, 0.4) is 0 Å². The number of carbonyl (C=O) groups is 1. The molecule has 1 aliphatic carbocycles. The van der Waals surface area contributed by atoms with Gasteiger partial charge >= 0.3 is 6.18 Å². The minimum Gasteiger partial charge on any atom is -0.384 e. The number of halogens is 3. The molecule has 1 aliphatic rings. The van der Waals surface area contributed by atoms with E-state index in [9.17, 15) is 18.0 Å². The Morgan fingerprint density at radius 3 is 2.29 bits per heavy atom. The second-order valence-corrected chi connectivity index (χ2v) is 8.93. The van der Waals surface area contributed by atoms with Gasteiger partial charge in [-0.15, -0.1) is 0 Å². The van der Waals surface area contributed by atoms with Gasteiger partial charge in [-0.2, -0.15) is 13.2 Å². The number of unbranched alkanes of at least 4 members (excludes halogenated alkanes) is 1. The summed E-state index contributed by atoms with van der Waals surface area (Å²) in [5.41, 5.74) is 3.32. The maximum absolute atomic E-state index is 13.0. The minimum absolute atomic E-state index is 0.0836. The molecule has 0 aromatic heterocycles. The Labute approximate surface area is 208 Å². The molecular formula is C29H39F3N2O. The fourth-order valence-corrected chi connectivity index (χ4v) is 4.16. The second-order valence-electron chi connectivity index (χ2n) is 8.93. The van der Waals surface area contributed by atoms with E-state index in [2.05, 4.69) is 24.1 Å². The van der Waals surface area contributed by atoms with E-state index in [0.717, 1.165) is 60.9 Å². The van der Waals surface area contributed by atoms with E-state index in [1.54, 1.807) is 0 Å². The van der Waals surface area contributed by atoms with Crippen LogP contribution in [0.25, 0.3) is 16.8 Å². The first-order valence-electron chi connectivity index (χ1n) is 12.7. The lowest BCUT2D eigenvalue weighted by Gasteiger charge is -2.33. The Balaban J connectivity index is 0.00000210. The van der Waals surface area contributed by atoms with Gasteiger partial charge in [0.2, 0.25) is 5.91 Å². The van der Waals surface area contributed by atoms with E-state index in [0.29, 0.717) is 30.3 Å². The third-order valence-corrected chi connectivity index (χ3v) is 6.44. The maximum atomic E-state index is 13.0. The molecule has 2 aromatic carbocycles. The van der Waals surface area contributed by atoms with E-state index in [1.807, 2.05) is 39.0 Å². The molecule has 6 heteroatoms. The smallest absolute Gasteiger partial charge is 0.384 e. The van der Waals surface area contributed by atoms with Crippen molar-refractivity contribution in [2.75, 3.05) is 13.1 Å². The van der Waals surface area contributed by atoms with Gasteiger partial charge in [-0.3, -0.25) is 4.79 Å². The fraction of sp³-hybridized carbons (Fsp3) is 0.483. The summed E-state index contributed by atoms with van der Waals surface area (Å²) in [6.07, 6.45) is 0.892. The highest BCUT2D eigenvalue weighted by Gasteiger charge is 2.32. The van der Waals surface area contributed by atoms with Crippen LogP contribution in [0, 0.1) is 18.8 Å². The van der Waals surface area contributed by atoms with E-state index in [-0.39, 0.29) is 11.8 Å². The van der Waals surface area contributed by atoms with Crippen molar-refractivity contribution in [3.05, 3.63) is 65.7 Å². The summed E-state index contributed by atoms with van der Waals surface area (Å²) in [5, 5.41) is 6.41. The SMILES string of the molecule is C=C(NCC(C(=O)NCCCC)C1CCC1)c1ccc(C)cc1-c1ccc(C(F)(F)F)cc1.CC. The molecule has 1 fully saturated rings. The van der Waals surface area contributed by atoms with Gasteiger partial charge in [0.25, 0.3) is 0 Å². The lowest BCUT2D eigenvalue weighted by molar-refractivity contribution is -0.137. The van der Waals surface area contributed by atoms with Gasteiger partial charge in [0.15, 0.2) is 0 Å². The molecule has 35 heavy (non-hydrogen) atoms. The van der Waals surface area contributed by atoms with Crippen molar-refractivity contribution >= 4 is 11.6 Å². The van der Waals surface area contributed by atoms with Gasteiger partial charge in [-0.25, -0.2) is 0 Å². The van der Waals surface area contributed by atoms with Crippen LogP contribution in [0.5, 0.6) is 0 Å². The first-order chi connectivity index (χ1) is 16.7. The lowest BCUT2D eigenvalue weighted by atomic mass is 9.75. The summed E-state index contributed by atoms with van der Waals surface area (Å²) in [7, 11) is 0. The van der Waals surface area contributed by atoms with Crippen LogP contribution < -0.4 is 10.6 Å². The van der Waals surface area contributed by atoms with Crippen LogP contribution in [0.15, 0.2) is 49.0 Å². The topological polar surface area (TPSA) is 41.1 Å². The Hall–Kier alpha value is -2.76. The van der Waals surface area contributed by atoms with Crippen molar-refractivity contribution in [1.82, 2.24) is 10.6 Å². The number of rotatable bonds is 10. The number of carbonyl (C=O) groups excluding carboxylic acids is 1. The number of amides is 1. The molecule has 0 radical (unpaired) electrons. The molecule has 1 atom stereocenters. The number of hydrogen-bond donors (Lipinski definition) is 2. The molecule has 0 heterocycles. The van der Waals surface area contributed by atoms with Crippen molar-refractivity contribution < 1.29 is 18.0 Å². The zero-order valence-electron chi connectivity index (χ0n) is 21.4. The van der Waals surface area contributed by atoms with Crippen molar-refractivity contribution in [3.63, 3.8) is 0 Å².